The molecule has 0 fully saturated rings. The van der Waals surface area contributed by atoms with Gasteiger partial charge in [-0.3, -0.25) is 0 Å². The van der Waals surface area contributed by atoms with Crippen molar-refractivity contribution in [2.24, 2.45) is 0 Å². The molecule has 3 rings (SSSR count). The van der Waals surface area contributed by atoms with Crippen molar-refractivity contribution < 1.29 is 16.8 Å². The molecule has 3 aromatic rings. The Balaban J connectivity index is 2.30. The van der Waals surface area contributed by atoms with Gasteiger partial charge in [-0.15, -0.1) is 3.71 Å². The molecule has 0 saturated carbocycles. The largest absolute Gasteiger partial charge is 0.279 e. The molecule has 0 atom stereocenters. The summed E-state index contributed by atoms with van der Waals surface area (Å²) in [6.07, 6.45) is 1.29. The van der Waals surface area contributed by atoms with Crippen LogP contribution in [0, 0.1) is 0 Å². The maximum Gasteiger partial charge on any atom is 0.279 e. The number of nitrogens with zero attached hydrogens (tertiary/aromatic N) is 2. The quantitative estimate of drug-likeness (QED) is 0.386. The van der Waals surface area contributed by atoms with Crippen LogP contribution in [0.4, 0.5) is 5.82 Å². The van der Waals surface area contributed by atoms with Crippen molar-refractivity contribution in [1.29, 1.82) is 0 Å². The van der Waals surface area contributed by atoms with E-state index in [1.54, 1.807) is 0 Å². The van der Waals surface area contributed by atoms with E-state index in [0.717, 1.165) is 0 Å². The Labute approximate surface area is 194 Å². The Hall–Kier alpha value is -1.17. The molecule has 0 unspecified atom stereocenters. The van der Waals surface area contributed by atoms with E-state index >= 15 is 0 Å². The number of aromatic nitrogens is 1. The number of benzene rings is 2. The Morgan fingerprint density at radius 2 is 1.17 bits per heavy atom. The summed E-state index contributed by atoms with van der Waals surface area (Å²) in [5, 5.41) is 0.609. The van der Waals surface area contributed by atoms with Crippen molar-refractivity contribution in [3.63, 3.8) is 0 Å². The monoisotopic (exact) mass is 598 g/mol. The van der Waals surface area contributed by atoms with Crippen molar-refractivity contribution in [1.82, 2.24) is 4.98 Å². The predicted molar refractivity (Wildman–Crippen MR) is 119 cm³/mol. The molecule has 1 aromatic heterocycles. The van der Waals surface area contributed by atoms with Crippen LogP contribution in [0.2, 0.25) is 10.0 Å². The van der Waals surface area contributed by atoms with Gasteiger partial charge in [-0.1, -0.05) is 23.2 Å². The lowest BCUT2D eigenvalue weighted by Gasteiger charge is -2.24. The third-order valence-corrected chi connectivity index (χ3v) is 9.27. The minimum absolute atomic E-state index is 0.155. The van der Waals surface area contributed by atoms with Crippen molar-refractivity contribution in [2.75, 3.05) is 3.71 Å². The van der Waals surface area contributed by atoms with Gasteiger partial charge >= 0.3 is 0 Å². The maximum atomic E-state index is 13.4. The lowest BCUT2D eigenvalue weighted by molar-refractivity contribution is 0.583. The van der Waals surface area contributed by atoms with Gasteiger partial charge in [0.1, 0.15) is 0 Å². The molecule has 1 heterocycles. The second kappa shape index (κ2) is 8.52. The Morgan fingerprint density at radius 1 is 0.759 bits per heavy atom. The summed E-state index contributed by atoms with van der Waals surface area (Å²) in [4.78, 5) is 3.48. The fourth-order valence-corrected chi connectivity index (χ4v) is 7.59. The lowest BCUT2D eigenvalue weighted by atomic mass is 10.4. The SMILES string of the molecule is O=S(=O)(c1ccc(Cl)cc1)N(c1ncc(Br)cc1Br)S(=O)(=O)c1ccc(Cl)cc1. The van der Waals surface area contributed by atoms with Crippen LogP contribution in [-0.4, -0.2) is 21.8 Å². The summed E-state index contributed by atoms with van der Waals surface area (Å²) in [5.74, 6) is -0.321. The highest BCUT2D eigenvalue weighted by Crippen LogP contribution is 2.35. The second-order valence-corrected chi connectivity index (χ2v) is 12.0. The van der Waals surface area contributed by atoms with Crippen LogP contribution in [0.5, 0.6) is 0 Å². The van der Waals surface area contributed by atoms with E-state index in [2.05, 4.69) is 36.8 Å². The lowest BCUT2D eigenvalue weighted by Crippen LogP contribution is -2.38. The smallest absolute Gasteiger partial charge is 0.235 e. The first kappa shape index (κ1) is 22.5. The van der Waals surface area contributed by atoms with Gasteiger partial charge in [0.2, 0.25) is 0 Å². The third kappa shape index (κ3) is 4.62. The highest BCUT2D eigenvalue weighted by molar-refractivity contribution is 9.11. The van der Waals surface area contributed by atoms with Crippen LogP contribution >= 0.6 is 55.1 Å². The molecule has 0 amide bonds. The van der Waals surface area contributed by atoms with Crippen LogP contribution in [0.25, 0.3) is 0 Å². The van der Waals surface area contributed by atoms with Gasteiger partial charge in [-0.2, -0.15) is 16.8 Å². The zero-order chi connectivity index (χ0) is 21.4. The topological polar surface area (TPSA) is 84.4 Å². The van der Waals surface area contributed by atoms with Gasteiger partial charge < -0.3 is 0 Å². The molecule has 0 aliphatic carbocycles. The van der Waals surface area contributed by atoms with Gasteiger partial charge in [-0.25, -0.2) is 4.98 Å². The van der Waals surface area contributed by atoms with Crippen LogP contribution < -0.4 is 3.71 Å². The number of anilines is 1. The third-order valence-electron chi connectivity index (χ3n) is 3.62. The summed E-state index contributed by atoms with van der Waals surface area (Å²) in [6, 6.07) is 11.8. The first-order valence-electron chi connectivity index (χ1n) is 7.66. The highest BCUT2D eigenvalue weighted by Gasteiger charge is 2.39. The average molecular weight is 601 g/mol. The first-order valence-corrected chi connectivity index (χ1v) is 12.9. The molecule has 0 saturated heterocycles. The molecule has 0 N–H and O–H groups in total. The number of halogens is 4. The molecular formula is C17H10Br2Cl2N2O4S2. The van der Waals surface area contributed by atoms with Crippen molar-refractivity contribution >= 4 is 80.9 Å². The molecule has 152 valence electrons. The van der Waals surface area contributed by atoms with Gasteiger partial charge in [0.15, 0.2) is 5.82 Å². The molecule has 2 aromatic carbocycles. The molecule has 0 aliphatic heterocycles. The summed E-state index contributed by atoms with van der Waals surface area (Å²) < 4.78 is 54.5. The summed E-state index contributed by atoms with van der Waals surface area (Å²) >= 11 is 18.1. The van der Waals surface area contributed by atoms with E-state index in [-0.39, 0.29) is 23.8 Å². The Morgan fingerprint density at radius 3 is 1.55 bits per heavy atom. The molecule has 29 heavy (non-hydrogen) atoms. The minimum Gasteiger partial charge on any atom is -0.235 e. The van der Waals surface area contributed by atoms with Crippen molar-refractivity contribution in [2.45, 2.75) is 9.79 Å². The van der Waals surface area contributed by atoms with Crippen molar-refractivity contribution in [3.05, 3.63) is 79.8 Å². The van der Waals surface area contributed by atoms with Gasteiger partial charge in [0.05, 0.1) is 14.3 Å². The van der Waals surface area contributed by atoms with Crippen LogP contribution in [0.1, 0.15) is 0 Å². The normalized spacial score (nSPS) is 12.0. The molecule has 0 aliphatic rings. The molecule has 0 bridgehead atoms. The van der Waals surface area contributed by atoms with E-state index in [9.17, 15) is 16.8 Å². The number of hydrogen-bond donors (Lipinski definition) is 0. The van der Waals surface area contributed by atoms with Crippen molar-refractivity contribution in [3.8, 4) is 0 Å². The van der Waals surface area contributed by atoms with E-state index in [1.807, 2.05) is 0 Å². The zero-order valence-electron chi connectivity index (χ0n) is 14.1. The molecule has 6 nitrogen and oxygen atoms in total. The number of rotatable bonds is 5. The first-order chi connectivity index (χ1) is 13.5. The number of hydrogen-bond acceptors (Lipinski definition) is 5. The fourth-order valence-electron chi connectivity index (χ4n) is 2.30. The Bertz CT molecular complexity index is 1190. The van der Waals surface area contributed by atoms with Gasteiger partial charge in [-0.05, 0) is 86.5 Å². The van der Waals surface area contributed by atoms with E-state index in [0.29, 0.717) is 14.5 Å². The maximum absolute atomic E-state index is 13.4. The van der Waals surface area contributed by atoms with Crippen LogP contribution in [0.3, 0.4) is 0 Å². The second-order valence-electron chi connectivity index (χ2n) is 5.57. The van der Waals surface area contributed by atoms with E-state index in [4.69, 9.17) is 23.2 Å². The standard InChI is InChI=1S/C17H10Br2Cl2N2O4S2/c18-11-9-16(19)17(22-10-11)23(28(24,25)14-5-1-12(20)2-6-14)29(26,27)15-7-3-13(21)4-8-15/h1-10H. The van der Waals surface area contributed by atoms with E-state index in [1.165, 1.54) is 60.8 Å². The number of pyridine rings is 1. The van der Waals surface area contributed by atoms with Gasteiger partial charge in [0.25, 0.3) is 20.0 Å². The number of sulfonamides is 2. The molecule has 12 heteroatoms. The molecule has 0 spiro atoms. The average Bonchev–Trinajstić information content (AvgIpc) is 2.64. The van der Waals surface area contributed by atoms with E-state index < -0.39 is 20.0 Å². The summed E-state index contributed by atoms with van der Waals surface area (Å²) in [6.45, 7) is 0. The summed E-state index contributed by atoms with van der Waals surface area (Å²) in [5.41, 5.74) is 0. The highest BCUT2D eigenvalue weighted by atomic mass is 79.9. The van der Waals surface area contributed by atoms with Crippen LogP contribution in [-0.2, 0) is 20.0 Å². The van der Waals surface area contributed by atoms with Gasteiger partial charge in [0, 0.05) is 20.7 Å². The molecule has 0 radical (unpaired) electrons. The summed E-state index contributed by atoms with van der Waals surface area (Å²) in [7, 11) is -9.15. The molecular weight excluding hydrogens is 591 g/mol. The fraction of sp³-hybridized carbons (Fsp3) is 0. The van der Waals surface area contributed by atoms with Crippen LogP contribution in [0.15, 0.2) is 79.5 Å². The minimum atomic E-state index is -4.58. The zero-order valence-corrected chi connectivity index (χ0v) is 20.4. The Kier molecular flexibility index (Phi) is 6.62. The predicted octanol–water partition coefficient (Wildman–Crippen LogP) is 5.50.